The van der Waals surface area contributed by atoms with Gasteiger partial charge in [-0.25, -0.2) is 0 Å². The van der Waals surface area contributed by atoms with Crippen LogP contribution in [0.5, 0.6) is 0 Å². The molecule has 1 saturated carbocycles. The van der Waals surface area contributed by atoms with Crippen LogP contribution in [0.2, 0.25) is 0 Å². The van der Waals surface area contributed by atoms with Gasteiger partial charge in [0.1, 0.15) is 0 Å². The van der Waals surface area contributed by atoms with Gasteiger partial charge in [0.15, 0.2) is 0 Å². The van der Waals surface area contributed by atoms with Gasteiger partial charge in [0, 0.05) is 0 Å². The van der Waals surface area contributed by atoms with Crippen molar-refractivity contribution in [3.63, 3.8) is 0 Å². The van der Waals surface area contributed by atoms with Crippen molar-refractivity contribution in [2.75, 3.05) is 0 Å². The molecule has 0 radical (unpaired) electrons. The highest BCUT2D eigenvalue weighted by Gasteiger charge is 2.32. The molecule has 0 aromatic carbocycles. The fourth-order valence-corrected chi connectivity index (χ4v) is 1.04. The Bertz CT molecular complexity index is 115. The summed E-state index contributed by atoms with van der Waals surface area (Å²) in [4.78, 5) is 0. The molecule has 0 aliphatic heterocycles. The Hall–Kier alpha value is -0.0800. The first-order valence-corrected chi connectivity index (χ1v) is 3.85. The van der Waals surface area contributed by atoms with Crippen LogP contribution < -0.4 is 0 Å². The topological polar surface area (TPSA) is 29.5 Å². The summed E-state index contributed by atoms with van der Waals surface area (Å²) in [6, 6.07) is 0. The third-order valence-electron chi connectivity index (χ3n) is 1.68. The van der Waals surface area contributed by atoms with Crippen LogP contribution in [0.3, 0.4) is 0 Å². The second kappa shape index (κ2) is 2.51. The van der Waals surface area contributed by atoms with Gasteiger partial charge < -0.3 is 9.84 Å². The van der Waals surface area contributed by atoms with E-state index >= 15 is 0 Å². The molecule has 0 bridgehead atoms. The molecule has 60 valence electrons. The van der Waals surface area contributed by atoms with Crippen molar-refractivity contribution in [3.05, 3.63) is 0 Å². The standard InChI is InChI=1S/C8H16O2/c1-8(2,3)10-7-5-4-6(7)9/h6-7,9H,4-5H2,1-3H3/t6-,7-/m1/s1. The molecule has 2 nitrogen and oxygen atoms in total. The lowest BCUT2D eigenvalue weighted by molar-refractivity contribution is -0.153. The fourth-order valence-electron chi connectivity index (χ4n) is 1.04. The van der Waals surface area contributed by atoms with E-state index in [1.54, 1.807) is 0 Å². The minimum atomic E-state index is -0.209. The number of hydrogen-bond donors (Lipinski definition) is 1. The van der Waals surface area contributed by atoms with E-state index in [1.807, 2.05) is 20.8 Å². The molecule has 2 atom stereocenters. The molecule has 0 heterocycles. The van der Waals surface area contributed by atoms with Gasteiger partial charge in [-0.1, -0.05) is 0 Å². The van der Waals surface area contributed by atoms with Gasteiger partial charge in [-0.15, -0.1) is 0 Å². The average molecular weight is 144 g/mol. The third-order valence-corrected chi connectivity index (χ3v) is 1.68. The Morgan fingerprint density at radius 2 is 1.90 bits per heavy atom. The summed E-state index contributed by atoms with van der Waals surface area (Å²) < 4.78 is 5.54. The molecule has 10 heavy (non-hydrogen) atoms. The van der Waals surface area contributed by atoms with Crippen LogP contribution in [0, 0.1) is 0 Å². The Labute approximate surface area is 62.2 Å². The molecule has 0 spiro atoms. The van der Waals surface area contributed by atoms with Crippen LogP contribution in [0.4, 0.5) is 0 Å². The van der Waals surface area contributed by atoms with E-state index in [1.165, 1.54) is 0 Å². The minimum absolute atomic E-state index is 0.0972. The Balaban J connectivity index is 2.26. The molecule has 0 unspecified atom stereocenters. The number of rotatable bonds is 1. The number of aliphatic hydroxyl groups excluding tert-OH is 1. The van der Waals surface area contributed by atoms with Crippen molar-refractivity contribution in [2.45, 2.75) is 51.4 Å². The van der Waals surface area contributed by atoms with E-state index in [4.69, 9.17) is 9.84 Å². The van der Waals surface area contributed by atoms with E-state index in [9.17, 15) is 0 Å². The Morgan fingerprint density at radius 1 is 1.30 bits per heavy atom. The van der Waals surface area contributed by atoms with Gasteiger partial charge in [-0.05, 0) is 33.6 Å². The van der Waals surface area contributed by atoms with E-state index < -0.39 is 0 Å². The molecule has 0 saturated heterocycles. The molecule has 1 N–H and O–H groups in total. The highest BCUT2D eigenvalue weighted by Crippen LogP contribution is 2.27. The number of ether oxygens (including phenoxy) is 1. The molecule has 0 aromatic rings. The number of aliphatic hydroxyl groups is 1. The van der Waals surface area contributed by atoms with Crippen LogP contribution in [0.1, 0.15) is 33.6 Å². The van der Waals surface area contributed by atoms with Crippen LogP contribution >= 0.6 is 0 Å². The van der Waals surface area contributed by atoms with Crippen LogP contribution in [-0.4, -0.2) is 22.9 Å². The summed E-state index contributed by atoms with van der Waals surface area (Å²) in [6.45, 7) is 6.04. The molecule has 2 heteroatoms. The molecule has 0 aromatic heterocycles. The van der Waals surface area contributed by atoms with Crippen molar-refractivity contribution in [1.82, 2.24) is 0 Å². The van der Waals surface area contributed by atoms with Crippen molar-refractivity contribution >= 4 is 0 Å². The SMILES string of the molecule is CC(C)(C)O[C@@H]1CC[C@H]1O. The van der Waals surface area contributed by atoms with Crippen LogP contribution in [0.25, 0.3) is 0 Å². The largest absolute Gasteiger partial charge is 0.390 e. The number of hydrogen-bond acceptors (Lipinski definition) is 2. The molecule has 1 rings (SSSR count). The minimum Gasteiger partial charge on any atom is -0.390 e. The first-order chi connectivity index (χ1) is 4.49. The monoisotopic (exact) mass is 144 g/mol. The summed E-state index contributed by atoms with van der Waals surface area (Å²) in [5.74, 6) is 0. The van der Waals surface area contributed by atoms with Crippen molar-refractivity contribution in [2.24, 2.45) is 0 Å². The molecular weight excluding hydrogens is 128 g/mol. The molecule has 1 aliphatic rings. The predicted molar refractivity (Wildman–Crippen MR) is 39.9 cm³/mol. The highest BCUT2D eigenvalue weighted by molar-refractivity contribution is 4.82. The Kier molecular flexibility index (Phi) is 2.02. The van der Waals surface area contributed by atoms with Gasteiger partial charge in [0.2, 0.25) is 0 Å². The smallest absolute Gasteiger partial charge is 0.0842 e. The maximum atomic E-state index is 9.15. The predicted octanol–water partition coefficient (Wildman–Crippen LogP) is 1.32. The molecule has 0 amide bonds. The van der Waals surface area contributed by atoms with Gasteiger partial charge in [0.25, 0.3) is 0 Å². The van der Waals surface area contributed by atoms with Gasteiger partial charge in [-0.3, -0.25) is 0 Å². The second-order valence-electron chi connectivity index (χ2n) is 3.91. The lowest BCUT2D eigenvalue weighted by Gasteiger charge is -2.37. The summed E-state index contributed by atoms with van der Waals surface area (Å²) in [5.41, 5.74) is -0.105. The zero-order valence-electron chi connectivity index (χ0n) is 6.92. The fraction of sp³-hybridized carbons (Fsp3) is 1.00. The summed E-state index contributed by atoms with van der Waals surface area (Å²) in [5, 5.41) is 9.15. The lowest BCUT2D eigenvalue weighted by Crippen LogP contribution is -2.43. The summed E-state index contributed by atoms with van der Waals surface area (Å²) >= 11 is 0. The summed E-state index contributed by atoms with van der Waals surface area (Å²) in [7, 11) is 0. The zero-order valence-corrected chi connectivity index (χ0v) is 6.92. The summed E-state index contributed by atoms with van der Waals surface area (Å²) in [6.07, 6.45) is 1.80. The first kappa shape index (κ1) is 8.02. The first-order valence-electron chi connectivity index (χ1n) is 3.85. The quantitative estimate of drug-likeness (QED) is 0.601. The van der Waals surface area contributed by atoms with E-state index in [-0.39, 0.29) is 17.8 Å². The third kappa shape index (κ3) is 1.96. The molecule has 1 aliphatic carbocycles. The van der Waals surface area contributed by atoms with Crippen molar-refractivity contribution < 1.29 is 9.84 Å². The average Bonchev–Trinajstić information content (AvgIpc) is 1.78. The molecular formula is C8H16O2. The second-order valence-corrected chi connectivity index (χ2v) is 3.91. The van der Waals surface area contributed by atoms with Crippen LogP contribution in [-0.2, 0) is 4.74 Å². The van der Waals surface area contributed by atoms with Gasteiger partial charge >= 0.3 is 0 Å². The maximum Gasteiger partial charge on any atom is 0.0842 e. The molecule has 1 fully saturated rings. The normalized spacial score (nSPS) is 33.6. The van der Waals surface area contributed by atoms with Gasteiger partial charge in [-0.2, -0.15) is 0 Å². The van der Waals surface area contributed by atoms with E-state index in [0.29, 0.717) is 0 Å². The van der Waals surface area contributed by atoms with E-state index in [2.05, 4.69) is 0 Å². The maximum absolute atomic E-state index is 9.15. The van der Waals surface area contributed by atoms with Crippen molar-refractivity contribution in [3.8, 4) is 0 Å². The zero-order chi connectivity index (χ0) is 7.78. The highest BCUT2D eigenvalue weighted by atomic mass is 16.5. The van der Waals surface area contributed by atoms with Gasteiger partial charge in [0.05, 0.1) is 17.8 Å². The Morgan fingerprint density at radius 3 is 2.00 bits per heavy atom. The van der Waals surface area contributed by atoms with Crippen molar-refractivity contribution in [1.29, 1.82) is 0 Å². The lowest BCUT2D eigenvalue weighted by atomic mass is 9.91. The van der Waals surface area contributed by atoms with Crippen LogP contribution in [0.15, 0.2) is 0 Å². The van der Waals surface area contributed by atoms with E-state index in [0.717, 1.165) is 12.8 Å².